The van der Waals surface area contributed by atoms with E-state index in [0.717, 1.165) is 17.3 Å². The number of aliphatic carboxylic acids is 1. The van der Waals surface area contributed by atoms with Crippen molar-refractivity contribution in [3.63, 3.8) is 0 Å². The molecule has 1 atom stereocenters. The topological polar surface area (TPSA) is 95.1 Å². The molecule has 1 aromatic carbocycles. The van der Waals surface area contributed by atoms with E-state index >= 15 is 0 Å². The number of nitrogens with one attached hydrogen (secondary N) is 2. The molecule has 6 heteroatoms. The van der Waals surface area contributed by atoms with E-state index in [4.69, 9.17) is 5.11 Å². The summed E-state index contributed by atoms with van der Waals surface area (Å²) in [6, 6.07) is 4.88. The third kappa shape index (κ3) is 3.34. The van der Waals surface area contributed by atoms with Crippen LogP contribution in [0, 0.1) is 0 Å². The molecule has 106 valence electrons. The van der Waals surface area contributed by atoms with Crippen molar-refractivity contribution in [1.29, 1.82) is 0 Å². The Hall–Kier alpha value is -2.37. The van der Waals surface area contributed by atoms with Gasteiger partial charge >= 0.3 is 5.97 Å². The number of carbonyl (C=O) groups excluding carboxylic acids is 1. The SMILES string of the molecule is CCCC(CC(=O)O)NC(=O)c1ccc2cn[nH]c2c1. The molecule has 1 unspecified atom stereocenters. The molecule has 0 aliphatic heterocycles. The van der Waals surface area contributed by atoms with E-state index in [-0.39, 0.29) is 18.4 Å². The molecule has 0 saturated heterocycles. The molecular formula is C14H17N3O3. The first kappa shape index (κ1) is 14.0. The zero-order valence-corrected chi connectivity index (χ0v) is 11.2. The van der Waals surface area contributed by atoms with Crippen LogP contribution < -0.4 is 5.32 Å². The number of hydrogen-bond acceptors (Lipinski definition) is 3. The van der Waals surface area contributed by atoms with Gasteiger partial charge in [0.25, 0.3) is 5.91 Å². The minimum Gasteiger partial charge on any atom is -0.481 e. The summed E-state index contributed by atoms with van der Waals surface area (Å²) in [5, 5.41) is 19.2. The number of nitrogens with zero attached hydrogens (tertiary/aromatic N) is 1. The Bertz CT molecular complexity index is 621. The fraction of sp³-hybridized carbons (Fsp3) is 0.357. The quantitative estimate of drug-likeness (QED) is 0.750. The van der Waals surface area contributed by atoms with E-state index in [9.17, 15) is 9.59 Å². The third-order valence-electron chi connectivity index (χ3n) is 3.10. The summed E-state index contributed by atoms with van der Waals surface area (Å²) in [6.45, 7) is 1.96. The second kappa shape index (κ2) is 6.18. The Balaban J connectivity index is 2.10. The molecular weight excluding hydrogens is 258 g/mol. The maximum atomic E-state index is 12.1. The number of H-pyrrole nitrogens is 1. The van der Waals surface area contributed by atoms with Gasteiger partial charge in [0.1, 0.15) is 0 Å². The van der Waals surface area contributed by atoms with Crippen LogP contribution >= 0.6 is 0 Å². The summed E-state index contributed by atoms with van der Waals surface area (Å²) < 4.78 is 0. The number of rotatable bonds is 6. The van der Waals surface area contributed by atoms with Gasteiger partial charge in [-0.1, -0.05) is 19.4 Å². The van der Waals surface area contributed by atoms with Gasteiger partial charge < -0.3 is 10.4 Å². The predicted molar refractivity (Wildman–Crippen MR) is 74.5 cm³/mol. The highest BCUT2D eigenvalue weighted by molar-refractivity contribution is 5.98. The molecule has 1 heterocycles. The molecule has 0 bridgehead atoms. The first-order valence-corrected chi connectivity index (χ1v) is 6.56. The molecule has 6 nitrogen and oxygen atoms in total. The van der Waals surface area contributed by atoms with E-state index < -0.39 is 5.97 Å². The minimum absolute atomic E-state index is 0.0636. The smallest absolute Gasteiger partial charge is 0.305 e. The Morgan fingerprint density at radius 2 is 2.25 bits per heavy atom. The number of carboxylic acids is 1. The van der Waals surface area contributed by atoms with Crippen LogP contribution in [0.5, 0.6) is 0 Å². The average Bonchev–Trinajstić information content (AvgIpc) is 2.85. The van der Waals surface area contributed by atoms with E-state index in [1.807, 2.05) is 6.92 Å². The van der Waals surface area contributed by atoms with Crippen LogP contribution in [0.4, 0.5) is 0 Å². The number of amides is 1. The van der Waals surface area contributed by atoms with Crippen LogP contribution in [-0.2, 0) is 4.79 Å². The van der Waals surface area contributed by atoms with Gasteiger partial charge in [0.2, 0.25) is 0 Å². The standard InChI is InChI=1S/C14H17N3O3/c1-2-3-11(7-13(18)19)16-14(20)9-4-5-10-8-15-17-12(10)6-9/h4-6,8,11H,2-3,7H2,1H3,(H,15,17)(H,16,20)(H,18,19). The number of fused-ring (bicyclic) bond motifs is 1. The zero-order chi connectivity index (χ0) is 14.5. The van der Waals surface area contributed by atoms with Gasteiger partial charge in [0.15, 0.2) is 0 Å². The molecule has 0 radical (unpaired) electrons. The van der Waals surface area contributed by atoms with Crippen molar-refractivity contribution < 1.29 is 14.7 Å². The molecule has 0 aliphatic carbocycles. The molecule has 0 fully saturated rings. The van der Waals surface area contributed by atoms with Crippen LogP contribution in [0.2, 0.25) is 0 Å². The highest BCUT2D eigenvalue weighted by Crippen LogP contribution is 2.13. The summed E-state index contributed by atoms with van der Waals surface area (Å²) in [5.41, 5.74) is 1.27. The van der Waals surface area contributed by atoms with Gasteiger partial charge in [-0.25, -0.2) is 0 Å². The van der Waals surface area contributed by atoms with E-state index in [0.29, 0.717) is 12.0 Å². The molecule has 2 aromatic rings. The number of carbonyl (C=O) groups is 2. The lowest BCUT2D eigenvalue weighted by atomic mass is 10.1. The lowest BCUT2D eigenvalue weighted by Crippen LogP contribution is -2.36. The maximum Gasteiger partial charge on any atom is 0.305 e. The van der Waals surface area contributed by atoms with Gasteiger partial charge in [0.05, 0.1) is 18.1 Å². The van der Waals surface area contributed by atoms with Gasteiger partial charge in [-0.3, -0.25) is 14.7 Å². The largest absolute Gasteiger partial charge is 0.481 e. The number of carboxylic acid groups (broad SMARTS) is 1. The second-order valence-electron chi connectivity index (χ2n) is 4.73. The van der Waals surface area contributed by atoms with Crippen molar-refractivity contribution in [3.8, 4) is 0 Å². The first-order chi connectivity index (χ1) is 9.60. The van der Waals surface area contributed by atoms with Crippen LogP contribution in [0.3, 0.4) is 0 Å². The molecule has 1 aromatic heterocycles. The monoisotopic (exact) mass is 275 g/mol. The van der Waals surface area contributed by atoms with Crippen molar-refractivity contribution in [1.82, 2.24) is 15.5 Å². The summed E-state index contributed by atoms with van der Waals surface area (Å²) in [6.07, 6.45) is 3.08. The third-order valence-corrected chi connectivity index (χ3v) is 3.10. The highest BCUT2D eigenvalue weighted by Gasteiger charge is 2.16. The zero-order valence-electron chi connectivity index (χ0n) is 11.2. The molecule has 3 N–H and O–H groups in total. The molecule has 0 aliphatic rings. The maximum absolute atomic E-state index is 12.1. The van der Waals surface area contributed by atoms with Gasteiger partial charge in [-0.15, -0.1) is 0 Å². The molecule has 0 spiro atoms. The summed E-state index contributed by atoms with van der Waals surface area (Å²) in [5.74, 6) is -1.17. The van der Waals surface area contributed by atoms with Crippen molar-refractivity contribution in [2.45, 2.75) is 32.2 Å². The highest BCUT2D eigenvalue weighted by atomic mass is 16.4. The lowest BCUT2D eigenvalue weighted by molar-refractivity contribution is -0.137. The Kier molecular flexibility index (Phi) is 4.34. The Morgan fingerprint density at radius 1 is 1.45 bits per heavy atom. The molecule has 1 amide bonds. The van der Waals surface area contributed by atoms with Crippen molar-refractivity contribution in [2.24, 2.45) is 0 Å². The normalized spacial score (nSPS) is 12.2. The summed E-state index contributed by atoms with van der Waals surface area (Å²) in [7, 11) is 0. The number of benzene rings is 1. The number of aromatic amines is 1. The van der Waals surface area contributed by atoms with Gasteiger partial charge in [-0.2, -0.15) is 5.10 Å². The summed E-state index contributed by atoms with van der Waals surface area (Å²) >= 11 is 0. The van der Waals surface area contributed by atoms with Crippen LogP contribution in [0.1, 0.15) is 36.5 Å². The second-order valence-corrected chi connectivity index (χ2v) is 4.73. The van der Waals surface area contributed by atoms with Crippen LogP contribution in [0.25, 0.3) is 10.9 Å². The summed E-state index contributed by atoms with van der Waals surface area (Å²) in [4.78, 5) is 22.9. The van der Waals surface area contributed by atoms with Gasteiger partial charge in [0, 0.05) is 17.0 Å². The van der Waals surface area contributed by atoms with Crippen molar-refractivity contribution >= 4 is 22.8 Å². The van der Waals surface area contributed by atoms with E-state index in [1.54, 1.807) is 24.4 Å². The van der Waals surface area contributed by atoms with Crippen molar-refractivity contribution in [3.05, 3.63) is 30.0 Å². The fourth-order valence-electron chi connectivity index (χ4n) is 2.13. The van der Waals surface area contributed by atoms with Crippen LogP contribution in [-0.4, -0.2) is 33.2 Å². The first-order valence-electron chi connectivity index (χ1n) is 6.56. The molecule has 20 heavy (non-hydrogen) atoms. The van der Waals surface area contributed by atoms with Crippen molar-refractivity contribution in [2.75, 3.05) is 0 Å². The number of hydrogen-bond donors (Lipinski definition) is 3. The fourth-order valence-corrected chi connectivity index (χ4v) is 2.13. The van der Waals surface area contributed by atoms with Crippen LogP contribution in [0.15, 0.2) is 24.4 Å². The molecule has 0 saturated carbocycles. The van der Waals surface area contributed by atoms with E-state index in [2.05, 4.69) is 15.5 Å². The lowest BCUT2D eigenvalue weighted by Gasteiger charge is -2.16. The predicted octanol–water partition coefficient (Wildman–Crippen LogP) is 1.94. The van der Waals surface area contributed by atoms with E-state index in [1.165, 1.54) is 0 Å². The molecule has 2 rings (SSSR count). The number of aromatic nitrogens is 2. The van der Waals surface area contributed by atoms with Gasteiger partial charge in [-0.05, 0) is 18.6 Å². The Morgan fingerprint density at radius 3 is 2.95 bits per heavy atom. The Labute approximate surface area is 116 Å². The minimum atomic E-state index is -0.909. The average molecular weight is 275 g/mol.